The maximum Gasteiger partial charge on any atom is 0.131 e. The molecule has 1 N–H and O–H groups in total. The molecule has 2 heteroatoms. The Morgan fingerprint density at radius 3 is 2.53 bits per heavy atom. The van der Waals surface area contributed by atoms with Crippen molar-refractivity contribution in [1.82, 2.24) is 0 Å². The topological polar surface area (TPSA) is 29.5 Å². The molecule has 3 rings (SSSR count). The summed E-state index contributed by atoms with van der Waals surface area (Å²) in [5, 5.41) is 9.63. The molecule has 0 aromatic heterocycles. The summed E-state index contributed by atoms with van der Waals surface area (Å²) < 4.78 is 6.10. The van der Waals surface area contributed by atoms with Gasteiger partial charge in [-0.3, -0.25) is 0 Å². The first-order valence-electron chi connectivity index (χ1n) is 6.67. The van der Waals surface area contributed by atoms with Gasteiger partial charge >= 0.3 is 0 Å². The van der Waals surface area contributed by atoms with E-state index in [0.29, 0.717) is 5.92 Å². The van der Waals surface area contributed by atoms with E-state index in [9.17, 15) is 5.11 Å². The van der Waals surface area contributed by atoms with E-state index in [1.54, 1.807) is 12.1 Å². The lowest BCUT2D eigenvalue weighted by atomic mass is 9.87. The molecule has 2 aromatic rings. The van der Waals surface area contributed by atoms with Gasteiger partial charge in [0.15, 0.2) is 0 Å². The summed E-state index contributed by atoms with van der Waals surface area (Å²) >= 11 is 0. The average Bonchev–Trinajstić information content (AvgIpc) is 2.37. The number of aromatic hydroxyl groups is 1. The van der Waals surface area contributed by atoms with Crippen LogP contribution in [0.3, 0.4) is 0 Å². The Labute approximate surface area is 113 Å². The number of phenols is 1. The Kier molecular flexibility index (Phi) is 2.74. The molecule has 0 spiro atoms. The molecule has 0 bridgehead atoms. The predicted octanol–water partition coefficient (Wildman–Crippen LogP) is 4.46. The molecular weight excluding hydrogens is 236 g/mol. The lowest BCUT2D eigenvalue weighted by Crippen LogP contribution is -2.19. The van der Waals surface area contributed by atoms with Gasteiger partial charge in [0.2, 0.25) is 0 Å². The van der Waals surface area contributed by atoms with E-state index in [1.807, 2.05) is 6.07 Å². The van der Waals surface area contributed by atoms with E-state index in [-0.39, 0.29) is 11.9 Å². The fraction of sp³-hybridized carbons (Fsp3) is 0.294. The van der Waals surface area contributed by atoms with Gasteiger partial charge in [-0.05, 0) is 30.5 Å². The standard InChI is InChI=1S/C17H18O2/c1-10(2)17-15-8-11(3)4-6-13(15)14-7-5-12(18)9-16(14)19-17/h4-10,17-18H,1-3H3. The second kappa shape index (κ2) is 4.30. The Bertz CT molecular complexity index is 629. The van der Waals surface area contributed by atoms with Crippen LogP contribution in [0.1, 0.15) is 31.1 Å². The molecule has 1 atom stereocenters. The zero-order valence-corrected chi connectivity index (χ0v) is 11.5. The van der Waals surface area contributed by atoms with Crippen LogP contribution in [0.5, 0.6) is 11.5 Å². The highest BCUT2D eigenvalue weighted by molar-refractivity contribution is 5.76. The van der Waals surface area contributed by atoms with Gasteiger partial charge in [-0.15, -0.1) is 0 Å². The Morgan fingerprint density at radius 1 is 1.05 bits per heavy atom. The largest absolute Gasteiger partial charge is 0.508 e. The molecule has 0 fully saturated rings. The molecule has 0 saturated heterocycles. The zero-order valence-electron chi connectivity index (χ0n) is 11.5. The molecule has 1 aliphatic heterocycles. The van der Waals surface area contributed by atoms with Crippen LogP contribution in [0.25, 0.3) is 11.1 Å². The first kappa shape index (κ1) is 12.1. The molecule has 2 aromatic carbocycles. The summed E-state index contributed by atoms with van der Waals surface area (Å²) in [5.41, 5.74) is 4.76. The van der Waals surface area contributed by atoms with Crippen LogP contribution in [0.15, 0.2) is 36.4 Å². The maximum atomic E-state index is 9.63. The first-order valence-corrected chi connectivity index (χ1v) is 6.67. The first-order chi connectivity index (χ1) is 9.06. The Balaban J connectivity index is 2.24. The number of hydrogen-bond donors (Lipinski definition) is 1. The summed E-state index contributed by atoms with van der Waals surface area (Å²) in [5.74, 6) is 1.41. The molecule has 1 heterocycles. The van der Waals surface area contributed by atoms with Gasteiger partial charge in [0, 0.05) is 17.2 Å². The Hall–Kier alpha value is -1.96. The predicted molar refractivity (Wildman–Crippen MR) is 76.5 cm³/mol. The highest BCUT2D eigenvalue weighted by Gasteiger charge is 2.28. The SMILES string of the molecule is Cc1ccc2c(c1)C(C(C)C)Oc1cc(O)ccc1-2. The van der Waals surface area contributed by atoms with Gasteiger partial charge < -0.3 is 9.84 Å². The van der Waals surface area contributed by atoms with E-state index in [4.69, 9.17) is 4.74 Å². The maximum absolute atomic E-state index is 9.63. The van der Waals surface area contributed by atoms with Crippen molar-refractivity contribution in [1.29, 1.82) is 0 Å². The highest BCUT2D eigenvalue weighted by atomic mass is 16.5. The summed E-state index contributed by atoms with van der Waals surface area (Å²) in [6.07, 6.45) is 0.0456. The van der Waals surface area contributed by atoms with Crippen molar-refractivity contribution in [3.8, 4) is 22.6 Å². The third-order valence-corrected chi connectivity index (χ3v) is 3.63. The van der Waals surface area contributed by atoms with Gasteiger partial charge in [0.05, 0.1) is 0 Å². The van der Waals surface area contributed by atoms with Crippen LogP contribution in [0, 0.1) is 12.8 Å². The van der Waals surface area contributed by atoms with Crippen molar-refractivity contribution in [3.63, 3.8) is 0 Å². The third kappa shape index (κ3) is 1.97. The van der Waals surface area contributed by atoms with E-state index < -0.39 is 0 Å². The normalized spacial score (nSPS) is 16.7. The van der Waals surface area contributed by atoms with Crippen molar-refractivity contribution in [2.45, 2.75) is 26.9 Å². The lowest BCUT2D eigenvalue weighted by molar-refractivity contribution is 0.150. The van der Waals surface area contributed by atoms with E-state index in [2.05, 4.69) is 39.0 Å². The van der Waals surface area contributed by atoms with Crippen molar-refractivity contribution in [2.75, 3.05) is 0 Å². The third-order valence-electron chi connectivity index (χ3n) is 3.63. The van der Waals surface area contributed by atoms with Crippen molar-refractivity contribution < 1.29 is 9.84 Å². The van der Waals surface area contributed by atoms with Crippen LogP contribution in [-0.2, 0) is 0 Å². The van der Waals surface area contributed by atoms with E-state index in [1.165, 1.54) is 16.7 Å². The van der Waals surface area contributed by atoms with Gasteiger partial charge in [-0.25, -0.2) is 0 Å². The van der Waals surface area contributed by atoms with Gasteiger partial charge in [0.1, 0.15) is 17.6 Å². The summed E-state index contributed by atoms with van der Waals surface area (Å²) in [6, 6.07) is 11.8. The molecule has 0 saturated carbocycles. The quantitative estimate of drug-likeness (QED) is 0.814. The second-order valence-corrected chi connectivity index (χ2v) is 5.55. The lowest BCUT2D eigenvalue weighted by Gasteiger charge is -2.31. The van der Waals surface area contributed by atoms with Crippen molar-refractivity contribution >= 4 is 0 Å². The summed E-state index contributed by atoms with van der Waals surface area (Å²) in [4.78, 5) is 0. The number of hydrogen-bond acceptors (Lipinski definition) is 2. The van der Waals surface area contributed by atoms with Crippen LogP contribution in [-0.4, -0.2) is 5.11 Å². The molecule has 0 radical (unpaired) electrons. The molecule has 0 amide bonds. The van der Waals surface area contributed by atoms with Crippen LogP contribution >= 0.6 is 0 Å². The van der Waals surface area contributed by atoms with Crippen LogP contribution in [0.4, 0.5) is 0 Å². The van der Waals surface area contributed by atoms with Gasteiger partial charge in [0.25, 0.3) is 0 Å². The fourth-order valence-corrected chi connectivity index (χ4v) is 2.69. The Morgan fingerprint density at radius 2 is 1.79 bits per heavy atom. The van der Waals surface area contributed by atoms with Crippen LogP contribution in [0.2, 0.25) is 0 Å². The molecule has 98 valence electrons. The van der Waals surface area contributed by atoms with E-state index in [0.717, 1.165) is 11.3 Å². The van der Waals surface area contributed by atoms with Gasteiger partial charge in [-0.1, -0.05) is 37.6 Å². The van der Waals surface area contributed by atoms with Crippen molar-refractivity contribution in [2.24, 2.45) is 5.92 Å². The van der Waals surface area contributed by atoms with E-state index >= 15 is 0 Å². The molecule has 2 nitrogen and oxygen atoms in total. The minimum absolute atomic E-state index is 0.0456. The number of aryl methyl sites for hydroxylation is 1. The number of ether oxygens (including phenoxy) is 1. The number of phenolic OH excluding ortho intramolecular Hbond substituents is 1. The number of rotatable bonds is 1. The minimum Gasteiger partial charge on any atom is -0.508 e. The molecule has 0 aliphatic carbocycles. The summed E-state index contributed by atoms with van der Waals surface area (Å²) in [6.45, 7) is 6.42. The fourth-order valence-electron chi connectivity index (χ4n) is 2.69. The monoisotopic (exact) mass is 254 g/mol. The smallest absolute Gasteiger partial charge is 0.131 e. The second-order valence-electron chi connectivity index (χ2n) is 5.55. The zero-order chi connectivity index (χ0) is 13.6. The van der Waals surface area contributed by atoms with Gasteiger partial charge in [-0.2, -0.15) is 0 Å². The highest BCUT2D eigenvalue weighted by Crippen LogP contribution is 2.46. The number of fused-ring (bicyclic) bond motifs is 3. The number of benzene rings is 2. The van der Waals surface area contributed by atoms with Crippen molar-refractivity contribution in [3.05, 3.63) is 47.5 Å². The van der Waals surface area contributed by atoms with Crippen LogP contribution < -0.4 is 4.74 Å². The average molecular weight is 254 g/mol. The molecule has 1 aliphatic rings. The molecule has 1 unspecified atom stereocenters. The minimum atomic E-state index is 0.0456. The summed E-state index contributed by atoms with van der Waals surface area (Å²) in [7, 11) is 0. The molecule has 19 heavy (non-hydrogen) atoms. The molecular formula is C17H18O2.